The van der Waals surface area contributed by atoms with Crippen LogP contribution >= 0.6 is 27.3 Å². The lowest BCUT2D eigenvalue weighted by atomic mass is 10.1. The fraction of sp³-hybridized carbons (Fsp3) is 0.154. The highest BCUT2D eigenvalue weighted by molar-refractivity contribution is 9.11. The summed E-state index contributed by atoms with van der Waals surface area (Å²) in [6.45, 7) is 0.561. The molecule has 2 rings (SSSR count). The number of rotatable bonds is 4. The van der Waals surface area contributed by atoms with Gasteiger partial charge in [-0.2, -0.15) is 0 Å². The Labute approximate surface area is 122 Å². The van der Waals surface area contributed by atoms with Gasteiger partial charge in [-0.1, -0.05) is 0 Å². The number of hydrogen-bond acceptors (Lipinski definition) is 4. The lowest BCUT2D eigenvalue weighted by Gasteiger charge is -2.10. The van der Waals surface area contributed by atoms with Gasteiger partial charge in [0.2, 0.25) is 0 Å². The van der Waals surface area contributed by atoms with E-state index in [9.17, 15) is 9.18 Å². The SMILES string of the molecule is COC(=O)c1cc(F)ccc1NCc1ccc(Br)s1. The Balaban J connectivity index is 2.17. The van der Waals surface area contributed by atoms with Gasteiger partial charge in [0.1, 0.15) is 5.82 Å². The maximum absolute atomic E-state index is 13.2. The van der Waals surface area contributed by atoms with Gasteiger partial charge in [-0.3, -0.25) is 0 Å². The average molecular weight is 344 g/mol. The van der Waals surface area contributed by atoms with Crippen LogP contribution in [0.3, 0.4) is 0 Å². The molecule has 3 nitrogen and oxygen atoms in total. The van der Waals surface area contributed by atoms with Gasteiger partial charge in [-0.05, 0) is 46.3 Å². The number of hydrogen-bond donors (Lipinski definition) is 1. The number of ether oxygens (including phenoxy) is 1. The largest absolute Gasteiger partial charge is 0.465 e. The van der Waals surface area contributed by atoms with Crippen LogP contribution in [0.15, 0.2) is 34.1 Å². The number of carbonyl (C=O) groups excluding carboxylic acids is 1. The lowest BCUT2D eigenvalue weighted by Crippen LogP contribution is -2.08. The van der Waals surface area contributed by atoms with Crippen molar-refractivity contribution in [2.75, 3.05) is 12.4 Å². The van der Waals surface area contributed by atoms with Crippen molar-refractivity contribution in [3.63, 3.8) is 0 Å². The van der Waals surface area contributed by atoms with E-state index in [2.05, 4.69) is 26.0 Å². The zero-order valence-electron chi connectivity index (χ0n) is 10.1. The first kappa shape index (κ1) is 14.0. The molecule has 0 atom stereocenters. The van der Waals surface area contributed by atoms with Crippen molar-refractivity contribution in [3.05, 3.63) is 50.4 Å². The average Bonchev–Trinajstić information content (AvgIpc) is 2.82. The number of methoxy groups -OCH3 is 1. The topological polar surface area (TPSA) is 38.3 Å². The van der Waals surface area contributed by atoms with E-state index in [4.69, 9.17) is 0 Å². The quantitative estimate of drug-likeness (QED) is 0.851. The number of thiophene rings is 1. The van der Waals surface area contributed by atoms with Crippen molar-refractivity contribution in [2.45, 2.75) is 6.54 Å². The number of carbonyl (C=O) groups is 1. The first-order valence-corrected chi connectivity index (χ1v) is 7.07. The molecule has 0 spiro atoms. The molecule has 19 heavy (non-hydrogen) atoms. The Kier molecular flexibility index (Phi) is 4.55. The number of anilines is 1. The second-order valence-corrected chi connectivity index (χ2v) is 6.29. The van der Waals surface area contributed by atoms with E-state index < -0.39 is 11.8 Å². The van der Waals surface area contributed by atoms with E-state index in [0.717, 1.165) is 8.66 Å². The van der Waals surface area contributed by atoms with Gasteiger partial charge in [-0.25, -0.2) is 9.18 Å². The summed E-state index contributed by atoms with van der Waals surface area (Å²) in [5.74, 6) is -1.03. The third-order valence-corrected chi connectivity index (χ3v) is 4.09. The zero-order chi connectivity index (χ0) is 13.8. The van der Waals surface area contributed by atoms with Crippen LogP contribution < -0.4 is 5.32 Å². The smallest absolute Gasteiger partial charge is 0.340 e. The van der Waals surface area contributed by atoms with Crippen LogP contribution in [0.2, 0.25) is 0 Å². The Morgan fingerprint density at radius 2 is 2.21 bits per heavy atom. The van der Waals surface area contributed by atoms with E-state index in [-0.39, 0.29) is 5.56 Å². The molecule has 0 unspecified atom stereocenters. The summed E-state index contributed by atoms with van der Waals surface area (Å²) >= 11 is 4.98. The third kappa shape index (κ3) is 3.54. The van der Waals surface area contributed by atoms with Crippen LogP contribution in [0.4, 0.5) is 10.1 Å². The van der Waals surface area contributed by atoms with E-state index in [0.29, 0.717) is 12.2 Å². The summed E-state index contributed by atoms with van der Waals surface area (Å²) in [5.41, 5.74) is 0.746. The van der Waals surface area contributed by atoms with Crippen molar-refractivity contribution < 1.29 is 13.9 Å². The molecular weight excluding hydrogens is 333 g/mol. The van der Waals surface area contributed by atoms with E-state index >= 15 is 0 Å². The van der Waals surface area contributed by atoms with Crippen molar-refractivity contribution in [2.24, 2.45) is 0 Å². The molecule has 0 radical (unpaired) electrons. The summed E-state index contributed by atoms with van der Waals surface area (Å²) in [4.78, 5) is 12.7. The van der Waals surface area contributed by atoms with Gasteiger partial charge >= 0.3 is 5.97 Å². The fourth-order valence-corrected chi connectivity index (χ4v) is 3.00. The predicted octanol–water partition coefficient (Wildman–Crippen LogP) is 4.05. The molecule has 2 aromatic rings. The molecule has 0 bridgehead atoms. The monoisotopic (exact) mass is 343 g/mol. The second kappa shape index (κ2) is 6.16. The number of halogens is 2. The van der Waals surface area contributed by atoms with Gasteiger partial charge < -0.3 is 10.1 Å². The Morgan fingerprint density at radius 1 is 1.42 bits per heavy atom. The molecule has 6 heteroatoms. The fourth-order valence-electron chi connectivity index (χ4n) is 1.58. The first-order valence-electron chi connectivity index (χ1n) is 5.46. The van der Waals surface area contributed by atoms with Crippen LogP contribution in [0.1, 0.15) is 15.2 Å². The molecule has 1 aromatic heterocycles. The Bertz CT molecular complexity index is 600. The zero-order valence-corrected chi connectivity index (χ0v) is 12.5. The molecule has 0 saturated heterocycles. The minimum atomic E-state index is -0.561. The summed E-state index contributed by atoms with van der Waals surface area (Å²) < 4.78 is 18.8. The summed E-state index contributed by atoms with van der Waals surface area (Å²) in [7, 11) is 1.27. The Hall–Kier alpha value is -1.40. The van der Waals surface area contributed by atoms with E-state index in [1.807, 2.05) is 12.1 Å². The van der Waals surface area contributed by atoms with Crippen molar-refractivity contribution in [1.82, 2.24) is 0 Å². The van der Waals surface area contributed by atoms with Crippen molar-refractivity contribution in [1.29, 1.82) is 0 Å². The molecule has 1 heterocycles. The van der Waals surface area contributed by atoms with E-state index in [1.54, 1.807) is 11.3 Å². The molecule has 0 aliphatic heterocycles. The van der Waals surface area contributed by atoms with Crippen LogP contribution in [0, 0.1) is 5.82 Å². The van der Waals surface area contributed by atoms with Gasteiger partial charge in [0, 0.05) is 17.1 Å². The number of esters is 1. The van der Waals surface area contributed by atoms with Crippen LogP contribution in [-0.4, -0.2) is 13.1 Å². The standard InChI is InChI=1S/C13H11BrFNO2S/c1-18-13(17)10-6-8(15)2-4-11(10)16-7-9-3-5-12(14)19-9/h2-6,16H,7H2,1H3. The highest BCUT2D eigenvalue weighted by Crippen LogP contribution is 2.24. The van der Waals surface area contributed by atoms with Crippen molar-refractivity contribution >= 4 is 38.9 Å². The predicted molar refractivity (Wildman–Crippen MR) is 77.1 cm³/mol. The molecule has 1 N–H and O–H groups in total. The highest BCUT2D eigenvalue weighted by Gasteiger charge is 2.13. The van der Waals surface area contributed by atoms with Gasteiger partial charge in [0.05, 0.1) is 16.5 Å². The number of benzene rings is 1. The second-order valence-electron chi connectivity index (χ2n) is 3.74. The maximum atomic E-state index is 13.2. The molecule has 0 aliphatic carbocycles. The van der Waals surface area contributed by atoms with Gasteiger partial charge in [0.15, 0.2) is 0 Å². The normalized spacial score (nSPS) is 10.3. The van der Waals surface area contributed by atoms with E-state index in [1.165, 1.54) is 25.3 Å². The molecular formula is C13H11BrFNO2S. The Morgan fingerprint density at radius 3 is 2.84 bits per heavy atom. The van der Waals surface area contributed by atoms with Crippen molar-refractivity contribution in [3.8, 4) is 0 Å². The number of nitrogens with one attached hydrogen (secondary N) is 1. The van der Waals surface area contributed by atoms with Gasteiger partial charge in [-0.15, -0.1) is 11.3 Å². The minimum absolute atomic E-state index is 0.193. The molecule has 0 saturated carbocycles. The lowest BCUT2D eigenvalue weighted by molar-refractivity contribution is 0.0601. The summed E-state index contributed by atoms with van der Waals surface area (Å²) in [6.07, 6.45) is 0. The maximum Gasteiger partial charge on any atom is 0.340 e. The van der Waals surface area contributed by atoms with Crippen LogP contribution in [-0.2, 0) is 11.3 Å². The molecule has 0 aliphatic rings. The summed E-state index contributed by atoms with van der Waals surface area (Å²) in [6, 6.07) is 7.93. The minimum Gasteiger partial charge on any atom is -0.465 e. The third-order valence-electron chi connectivity index (χ3n) is 2.47. The first-order chi connectivity index (χ1) is 9.10. The highest BCUT2D eigenvalue weighted by atomic mass is 79.9. The molecule has 0 fully saturated rings. The molecule has 0 amide bonds. The summed E-state index contributed by atoms with van der Waals surface area (Å²) in [5, 5.41) is 3.11. The molecule has 100 valence electrons. The van der Waals surface area contributed by atoms with Gasteiger partial charge in [0.25, 0.3) is 0 Å². The molecule has 1 aromatic carbocycles. The van der Waals surface area contributed by atoms with Crippen LogP contribution in [0.5, 0.6) is 0 Å². The van der Waals surface area contributed by atoms with Crippen LogP contribution in [0.25, 0.3) is 0 Å².